The third-order valence-electron chi connectivity index (χ3n) is 3.03. The van der Waals surface area contributed by atoms with Crippen molar-refractivity contribution in [3.63, 3.8) is 0 Å². The summed E-state index contributed by atoms with van der Waals surface area (Å²) in [5, 5.41) is 3.97. The quantitative estimate of drug-likeness (QED) is 0.387. The Morgan fingerprint density at radius 1 is 1.25 bits per heavy atom. The number of carbonyl (C=O) groups is 1. The zero-order chi connectivity index (χ0) is 14.6. The lowest BCUT2D eigenvalue weighted by molar-refractivity contribution is 0.0955. The molecule has 0 bridgehead atoms. The molecular weight excluding hydrogens is 316 g/mol. The Kier molecular flexibility index (Phi) is 8.96. The van der Waals surface area contributed by atoms with Gasteiger partial charge in [-0.25, -0.2) is 5.43 Å². The Labute approximate surface area is 130 Å². The van der Waals surface area contributed by atoms with Crippen LogP contribution < -0.4 is 5.43 Å². The zero-order valence-electron chi connectivity index (χ0n) is 12.1. The monoisotopic (exact) mass is 338 g/mol. The molecule has 20 heavy (non-hydrogen) atoms. The fraction of sp³-hybridized carbons (Fsp3) is 0.500. The van der Waals surface area contributed by atoms with Crippen LogP contribution in [0.2, 0.25) is 0 Å². The second kappa shape index (κ2) is 10.6. The molecule has 1 aromatic rings. The molecular formula is C16H23BrN2O. The number of hydrazone groups is 1. The number of rotatable bonds is 9. The van der Waals surface area contributed by atoms with E-state index in [1.807, 2.05) is 12.1 Å². The standard InChI is InChI=1S/C16H23BrN2O/c1-2-3-4-5-6-7-8-12-18-19-16(20)14-10-9-11-15(17)13-14/h9-13H,2-8H2,1H3,(H,19,20)/b18-12+. The number of benzene rings is 1. The van der Waals surface area contributed by atoms with Gasteiger partial charge in [0.2, 0.25) is 0 Å². The van der Waals surface area contributed by atoms with Crippen molar-refractivity contribution in [2.45, 2.75) is 51.9 Å². The number of nitrogens with zero attached hydrogens (tertiary/aromatic N) is 1. The van der Waals surface area contributed by atoms with Gasteiger partial charge in [0, 0.05) is 16.3 Å². The van der Waals surface area contributed by atoms with Gasteiger partial charge in [-0.1, -0.05) is 61.0 Å². The smallest absolute Gasteiger partial charge is 0.267 e. The molecule has 0 aromatic heterocycles. The summed E-state index contributed by atoms with van der Waals surface area (Å²) in [5.74, 6) is -0.175. The maximum atomic E-state index is 11.8. The Balaban J connectivity index is 2.13. The SMILES string of the molecule is CCCCCCCC/C=N/NC(=O)c1cccc(Br)c1. The summed E-state index contributed by atoms with van der Waals surface area (Å²) in [7, 11) is 0. The van der Waals surface area contributed by atoms with Crippen molar-refractivity contribution < 1.29 is 4.79 Å². The Bertz CT molecular complexity index is 432. The van der Waals surface area contributed by atoms with E-state index >= 15 is 0 Å². The van der Waals surface area contributed by atoms with E-state index in [1.54, 1.807) is 18.3 Å². The van der Waals surface area contributed by atoms with Crippen molar-refractivity contribution in [2.75, 3.05) is 0 Å². The van der Waals surface area contributed by atoms with Crippen LogP contribution in [0, 0.1) is 0 Å². The molecule has 0 saturated carbocycles. The van der Waals surface area contributed by atoms with Crippen molar-refractivity contribution in [3.8, 4) is 0 Å². The lowest BCUT2D eigenvalue weighted by atomic mass is 10.1. The van der Waals surface area contributed by atoms with Gasteiger partial charge in [-0.2, -0.15) is 5.10 Å². The topological polar surface area (TPSA) is 41.5 Å². The van der Waals surface area contributed by atoms with E-state index in [0.717, 1.165) is 17.3 Å². The molecule has 0 spiro atoms. The molecule has 4 heteroatoms. The van der Waals surface area contributed by atoms with Gasteiger partial charge in [0.15, 0.2) is 0 Å². The maximum absolute atomic E-state index is 11.8. The molecule has 0 saturated heterocycles. The van der Waals surface area contributed by atoms with Crippen LogP contribution in [0.5, 0.6) is 0 Å². The van der Waals surface area contributed by atoms with E-state index in [9.17, 15) is 4.79 Å². The molecule has 1 aromatic carbocycles. The lowest BCUT2D eigenvalue weighted by Crippen LogP contribution is -2.17. The highest BCUT2D eigenvalue weighted by Gasteiger charge is 2.03. The first-order valence-electron chi connectivity index (χ1n) is 7.31. The van der Waals surface area contributed by atoms with Crippen LogP contribution >= 0.6 is 15.9 Å². The van der Waals surface area contributed by atoms with Crippen molar-refractivity contribution in [2.24, 2.45) is 5.10 Å². The molecule has 0 atom stereocenters. The first-order chi connectivity index (χ1) is 9.74. The van der Waals surface area contributed by atoms with Crippen LogP contribution in [-0.2, 0) is 0 Å². The summed E-state index contributed by atoms with van der Waals surface area (Å²) in [4.78, 5) is 11.8. The molecule has 1 N–H and O–H groups in total. The largest absolute Gasteiger partial charge is 0.271 e. The second-order valence-electron chi connectivity index (χ2n) is 4.82. The van der Waals surface area contributed by atoms with E-state index in [1.165, 1.54) is 32.1 Å². The fourth-order valence-electron chi connectivity index (χ4n) is 1.88. The van der Waals surface area contributed by atoms with Crippen molar-refractivity contribution in [1.82, 2.24) is 5.43 Å². The van der Waals surface area contributed by atoms with Gasteiger partial charge < -0.3 is 0 Å². The predicted molar refractivity (Wildman–Crippen MR) is 88.1 cm³/mol. The summed E-state index contributed by atoms with van der Waals surface area (Å²) in [5.41, 5.74) is 3.15. The second-order valence-corrected chi connectivity index (χ2v) is 5.74. The lowest BCUT2D eigenvalue weighted by Gasteiger charge is -2.00. The molecule has 0 fully saturated rings. The fourth-order valence-corrected chi connectivity index (χ4v) is 2.28. The first-order valence-corrected chi connectivity index (χ1v) is 8.10. The summed E-state index contributed by atoms with van der Waals surface area (Å²) in [6.45, 7) is 2.22. The van der Waals surface area contributed by atoms with Gasteiger partial charge in [-0.05, 0) is 31.0 Å². The number of carbonyl (C=O) groups excluding carboxylic acids is 1. The molecule has 1 amide bonds. The third-order valence-corrected chi connectivity index (χ3v) is 3.52. The Morgan fingerprint density at radius 2 is 2.00 bits per heavy atom. The highest BCUT2D eigenvalue weighted by atomic mass is 79.9. The number of halogens is 1. The Morgan fingerprint density at radius 3 is 2.75 bits per heavy atom. The van der Waals surface area contributed by atoms with Gasteiger partial charge in [-0.15, -0.1) is 0 Å². The predicted octanol–water partition coefficient (Wildman–Crippen LogP) is 4.92. The number of unbranched alkanes of at least 4 members (excludes halogenated alkanes) is 6. The van der Waals surface area contributed by atoms with E-state index < -0.39 is 0 Å². The van der Waals surface area contributed by atoms with Gasteiger partial charge in [0.05, 0.1) is 0 Å². The molecule has 3 nitrogen and oxygen atoms in total. The van der Waals surface area contributed by atoms with Crippen LogP contribution in [0.4, 0.5) is 0 Å². The van der Waals surface area contributed by atoms with Crippen LogP contribution in [0.25, 0.3) is 0 Å². The van der Waals surface area contributed by atoms with Gasteiger partial charge >= 0.3 is 0 Å². The number of hydrogen-bond donors (Lipinski definition) is 1. The van der Waals surface area contributed by atoms with Gasteiger partial charge in [0.1, 0.15) is 0 Å². The molecule has 1 rings (SSSR count). The van der Waals surface area contributed by atoms with E-state index in [-0.39, 0.29) is 5.91 Å². The molecule has 0 aliphatic rings. The minimum absolute atomic E-state index is 0.175. The summed E-state index contributed by atoms with van der Waals surface area (Å²) in [6, 6.07) is 7.26. The number of hydrogen-bond acceptors (Lipinski definition) is 2. The summed E-state index contributed by atoms with van der Waals surface area (Å²) in [6.07, 6.45) is 10.3. The van der Waals surface area contributed by atoms with Gasteiger partial charge in [-0.3, -0.25) is 4.79 Å². The van der Waals surface area contributed by atoms with Crippen molar-refractivity contribution in [1.29, 1.82) is 0 Å². The van der Waals surface area contributed by atoms with Crippen LogP contribution in [-0.4, -0.2) is 12.1 Å². The molecule has 0 heterocycles. The molecule has 110 valence electrons. The summed E-state index contributed by atoms with van der Waals surface area (Å²) < 4.78 is 0.890. The van der Waals surface area contributed by atoms with E-state index in [2.05, 4.69) is 33.4 Å². The normalized spacial score (nSPS) is 10.9. The maximum Gasteiger partial charge on any atom is 0.271 e. The first kappa shape index (κ1) is 16.9. The number of amides is 1. The van der Waals surface area contributed by atoms with Crippen molar-refractivity contribution in [3.05, 3.63) is 34.3 Å². The minimum Gasteiger partial charge on any atom is -0.267 e. The van der Waals surface area contributed by atoms with Crippen LogP contribution in [0.15, 0.2) is 33.8 Å². The van der Waals surface area contributed by atoms with Crippen LogP contribution in [0.3, 0.4) is 0 Å². The van der Waals surface area contributed by atoms with E-state index in [0.29, 0.717) is 5.56 Å². The Hall–Kier alpha value is -1.16. The molecule has 0 aliphatic carbocycles. The van der Waals surface area contributed by atoms with Gasteiger partial charge in [0.25, 0.3) is 5.91 Å². The van der Waals surface area contributed by atoms with Crippen molar-refractivity contribution >= 4 is 28.1 Å². The minimum atomic E-state index is -0.175. The van der Waals surface area contributed by atoms with E-state index in [4.69, 9.17) is 0 Å². The average molecular weight is 339 g/mol. The molecule has 0 aliphatic heterocycles. The number of nitrogens with one attached hydrogen (secondary N) is 1. The average Bonchev–Trinajstić information content (AvgIpc) is 2.45. The summed E-state index contributed by atoms with van der Waals surface area (Å²) >= 11 is 3.34. The zero-order valence-corrected chi connectivity index (χ0v) is 13.7. The molecule has 0 radical (unpaired) electrons. The molecule has 0 unspecified atom stereocenters. The highest BCUT2D eigenvalue weighted by Crippen LogP contribution is 2.11. The highest BCUT2D eigenvalue weighted by molar-refractivity contribution is 9.10. The van der Waals surface area contributed by atoms with Crippen LogP contribution in [0.1, 0.15) is 62.2 Å². The third kappa shape index (κ3) is 7.43.